The van der Waals surface area contributed by atoms with Crippen molar-refractivity contribution in [3.63, 3.8) is 0 Å². The Hall–Kier alpha value is -2.37. The van der Waals surface area contributed by atoms with Gasteiger partial charge in [-0.05, 0) is 55.9 Å². The summed E-state index contributed by atoms with van der Waals surface area (Å²) in [6, 6.07) is 8.43. The lowest BCUT2D eigenvalue weighted by Gasteiger charge is -2.32. The van der Waals surface area contributed by atoms with Crippen LogP contribution in [-0.4, -0.2) is 35.2 Å². The minimum absolute atomic E-state index is 0.0333. The van der Waals surface area contributed by atoms with E-state index in [-0.39, 0.29) is 17.8 Å². The third-order valence-corrected chi connectivity index (χ3v) is 4.81. The van der Waals surface area contributed by atoms with Crippen molar-refractivity contribution in [2.75, 3.05) is 18.0 Å². The molecule has 2 aromatic rings. The van der Waals surface area contributed by atoms with Crippen LogP contribution >= 0.6 is 0 Å². The fraction of sp³-hybridized carbons (Fsp3) is 0.500. The molecule has 24 heavy (non-hydrogen) atoms. The van der Waals surface area contributed by atoms with Gasteiger partial charge in [-0.1, -0.05) is 12.1 Å². The molecule has 0 unspecified atom stereocenters. The van der Waals surface area contributed by atoms with E-state index in [1.165, 1.54) is 18.5 Å². The Kier molecular flexibility index (Phi) is 3.96. The van der Waals surface area contributed by atoms with Crippen molar-refractivity contribution in [1.82, 2.24) is 15.5 Å². The van der Waals surface area contributed by atoms with Crippen molar-refractivity contribution in [2.24, 2.45) is 5.92 Å². The highest BCUT2D eigenvalue weighted by Gasteiger charge is 2.26. The summed E-state index contributed by atoms with van der Waals surface area (Å²) in [5.41, 5.74) is 2.08. The molecule has 0 radical (unpaired) electrons. The summed E-state index contributed by atoms with van der Waals surface area (Å²) in [4.78, 5) is 18.5. The molecule has 1 saturated carbocycles. The van der Waals surface area contributed by atoms with Crippen molar-refractivity contribution >= 4 is 11.6 Å². The molecule has 1 amide bonds. The summed E-state index contributed by atoms with van der Waals surface area (Å²) in [7, 11) is 0. The molecule has 126 valence electrons. The van der Waals surface area contributed by atoms with E-state index in [0.29, 0.717) is 5.82 Å². The molecule has 1 aliphatic carbocycles. The molecule has 1 N–H and O–H groups in total. The van der Waals surface area contributed by atoms with Gasteiger partial charge < -0.3 is 14.7 Å². The second-order valence-electron chi connectivity index (χ2n) is 6.89. The van der Waals surface area contributed by atoms with Gasteiger partial charge in [-0.15, -0.1) is 0 Å². The van der Waals surface area contributed by atoms with Crippen LogP contribution in [-0.2, 0) is 0 Å². The molecule has 4 rings (SSSR count). The Morgan fingerprint density at radius 1 is 1.17 bits per heavy atom. The summed E-state index contributed by atoms with van der Waals surface area (Å²) in [5.74, 6) is 1.02. The van der Waals surface area contributed by atoms with Gasteiger partial charge in [0, 0.05) is 30.4 Å². The highest BCUT2D eigenvalue weighted by atomic mass is 16.5. The first-order valence-corrected chi connectivity index (χ1v) is 8.69. The predicted molar refractivity (Wildman–Crippen MR) is 90.8 cm³/mol. The summed E-state index contributed by atoms with van der Waals surface area (Å²) < 4.78 is 5.08. The Morgan fingerprint density at radius 3 is 2.54 bits per heavy atom. The molecule has 1 saturated heterocycles. The fourth-order valence-electron chi connectivity index (χ4n) is 3.00. The standard InChI is InChI=1S/C18H22N4O2/c1-12-8-10-22(11-9-12)15-6-2-13(3-7-15)16-20-18(24-21-16)17(23)19-14-4-5-14/h2-3,6-7,12,14H,4-5,8-11H2,1H3,(H,19,23). The normalized spacial score (nSPS) is 18.6. The molecule has 1 aromatic heterocycles. The van der Waals surface area contributed by atoms with E-state index >= 15 is 0 Å². The van der Waals surface area contributed by atoms with Gasteiger partial charge in [0.2, 0.25) is 5.82 Å². The quantitative estimate of drug-likeness (QED) is 0.935. The maximum absolute atomic E-state index is 11.9. The van der Waals surface area contributed by atoms with Gasteiger partial charge >= 0.3 is 11.8 Å². The number of amides is 1. The minimum atomic E-state index is -0.282. The number of anilines is 1. The number of aromatic nitrogens is 2. The first-order chi connectivity index (χ1) is 11.7. The topological polar surface area (TPSA) is 71.3 Å². The highest BCUT2D eigenvalue weighted by molar-refractivity contribution is 5.90. The van der Waals surface area contributed by atoms with E-state index < -0.39 is 0 Å². The summed E-state index contributed by atoms with van der Waals surface area (Å²) in [6.07, 6.45) is 4.55. The van der Waals surface area contributed by atoms with Gasteiger partial charge in [0.15, 0.2) is 0 Å². The Morgan fingerprint density at radius 2 is 1.88 bits per heavy atom. The lowest BCUT2D eigenvalue weighted by Crippen LogP contribution is -2.32. The summed E-state index contributed by atoms with van der Waals surface area (Å²) >= 11 is 0. The zero-order valence-electron chi connectivity index (χ0n) is 13.9. The number of rotatable bonds is 4. The zero-order valence-corrected chi connectivity index (χ0v) is 13.9. The molecule has 0 spiro atoms. The molecule has 2 aliphatic rings. The van der Waals surface area contributed by atoms with E-state index in [2.05, 4.69) is 39.4 Å². The van der Waals surface area contributed by atoms with E-state index in [4.69, 9.17) is 4.52 Å². The number of carbonyl (C=O) groups excluding carboxylic acids is 1. The number of benzene rings is 1. The Balaban J connectivity index is 1.44. The van der Waals surface area contributed by atoms with Crippen molar-refractivity contribution < 1.29 is 9.32 Å². The molecule has 0 atom stereocenters. The van der Waals surface area contributed by atoms with Crippen LogP contribution in [0.2, 0.25) is 0 Å². The van der Waals surface area contributed by atoms with Crippen molar-refractivity contribution in [2.45, 2.75) is 38.6 Å². The van der Waals surface area contributed by atoms with Gasteiger partial charge in [0.25, 0.3) is 0 Å². The number of hydrogen-bond donors (Lipinski definition) is 1. The average Bonchev–Trinajstić information content (AvgIpc) is 3.27. The molecule has 2 heterocycles. The lowest BCUT2D eigenvalue weighted by atomic mass is 9.98. The van der Waals surface area contributed by atoms with Gasteiger partial charge in [0.1, 0.15) is 0 Å². The van der Waals surface area contributed by atoms with Gasteiger partial charge in [-0.2, -0.15) is 4.98 Å². The first kappa shape index (κ1) is 15.2. The molecule has 0 bridgehead atoms. The first-order valence-electron chi connectivity index (χ1n) is 8.69. The van der Waals surface area contributed by atoms with Crippen LogP contribution in [0, 0.1) is 5.92 Å². The molecular weight excluding hydrogens is 304 g/mol. The molecular formula is C18H22N4O2. The van der Waals surface area contributed by atoms with Crippen molar-refractivity contribution in [3.05, 3.63) is 30.2 Å². The van der Waals surface area contributed by atoms with Crippen LogP contribution < -0.4 is 10.2 Å². The SMILES string of the molecule is CC1CCN(c2ccc(-c3noc(C(=O)NC4CC4)n3)cc2)CC1. The molecule has 1 aromatic carbocycles. The van der Waals surface area contributed by atoms with Gasteiger partial charge in [-0.3, -0.25) is 4.79 Å². The number of nitrogens with zero attached hydrogens (tertiary/aromatic N) is 3. The lowest BCUT2D eigenvalue weighted by molar-refractivity contribution is 0.0907. The van der Waals surface area contributed by atoms with E-state index in [0.717, 1.165) is 37.4 Å². The second-order valence-corrected chi connectivity index (χ2v) is 6.89. The maximum atomic E-state index is 11.9. The number of carbonyl (C=O) groups is 1. The molecule has 6 nitrogen and oxygen atoms in total. The predicted octanol–water partition coefficient (Wildman–Crippen LogP) is 2.87. The summed E-state index contributed by atoms with van der Waals surface area (Å²) in [5, 5.41) is 6.78. The number of piperidine rings is 1. The smallest absolute Gasteiger partial charge is 0.316 e. The highest BCUT2D eigenvalue weighted by Crippen LogP contribution is 2.25. The van der Waals surface area contributed by atoms with E-state index in [9.17, 15) is 4.79 Å². The van der Waals surface area contributed by atoms with Gasteiger partial charge in [-0.25, -0.2) is 0 Å². The zero-order chi connectivity index (χ0) is 16.5. The Bertz CT molecular complexity index is 713. The van der Waals surface area contributed by atoms with Crippen LogP contribution in [0.4, 0.5) is 5.69 Å². The monoisotopic (exact) mass is 326 g/mol. The van der Waals surface area contributed by atoms with Gasteiger partial charge in [0.05, 0.1) is 0 Å². The van der Waals surface area contributed by atoms with Crippen LogP contribution in [0.15, 0.2) is 28.8 Å². The van der Waals surface area contributed by atoms with Crippen molar-refractivity contribution in [1.29, 1.82) is 0 Å². The average molecular weight is 326 g/mol. The molecule has 2 fully saturated rings. The summed E-state index contributed by atoms with van der Waals surface area (Å²) in [6.45, 7) is 4.52. The Labute approximate surface area is 141 Å². The number of hydrogen-bond acceptors (Lipinski definition) is 5. The third kappa shape index (κ3) is 3.27. The van der Waals surface area contributed by atoms with Crippen LogP contribution in [0.3, 0.4) is 0 Å². The van der Waals surface area contributed by atoms with Crippen LogP contribution in [0.25, 0.3) is 11.4 Å². The van der Waals surface area contributed by atoms with Crippen molar-refractivity contribution in [3.8, 4) is 11.4 Å². The molecule has 6 heteroatoms. The third-order valence-electron chi connectivity index (χ3n) is 4.81. The van der Waals surface area contributed by atoms with E-state index in [1.54, 1.807) is 0 Å². The second kappa shape index (κ2) is 6.26. The number of nitrogens with one attached hydrogen (secondary N) is 1. The maximum Gasteiger partial charge on any atom is 0.316 e. The minimum Gasteiger partial charge on any atom is -0.372 e. The largest absolute Gasteiger partial charge is 0.372 e. The van der Waals surface area contributed by atoms with Crippen LogP contribution in [0.5, 0.6) is 0 Å². The van der Waals surface area contributed by atoms with E-state index in [1.807, 2.05) is 12.1 Å². The molecule has 1 aliphatic heterocycles. The fourth-order valence-corrected chi connectivity index (χ4v) is 3.00. The van der Waals surface area contributed by atoms with Crippen LogP contribution in [0.1, 0.15) is 43.3 Å².